The Morgan fingerprint density at radius 2 is 2.25 bits per heavy atom. The van der Waals surface area contributed by atoms with Crippen molar-refractivity contribution in [2.75, 3.05) is 26.8 Å². The molecule has 0 radical (unpaired) electrons. The summed E-state index contributed by atoms with van der Waals surface area (Å²) in [6.45, 7) is 6.26. The number of ether oxygens (including phenoxy) is 1. The first kappa shape index (κ1) is 13.6. The van der Waals surface area contributed by atoms with Crippen LogP contribution < -0.4 is 5.32 Å². The van der Waals surface area contributed by atoms with E-state index in [4.69, 9.17) is 4.74 Å². The Kier molecular flexibility index (Phi) is 5.41. The first-order valence-corrected chi connectivity index (χ1v) is 6.42. The van der Waals surface area contributed by atoms with Gasteiger partial charge in [-0.05, 0) is 43.8 Å². The van der Waals surface area contributed by atoms with Gasteiger partial charge in [0.05, 0.1) is 12.2 Å². The van der Waals surface area contributed by atoms with Crippen LogP contribution in [-0.2, 0) is 10.3 Å². The Balaban J connectivity index is 2.34. The molecule has 1 rings (SSSR count). The van der Waals surface area contributed by atoms with E-state index in [9.17, 15) is 5.11 Å². The molecule has 0 aliphatic carbocycles. The van der Waals surface area contributed by atoms with E-state index >= 15 is 0 Å². The number of hydrogen-bond donors (Lipinski definition) is 2. The predicted molar refractivity (Wildman–Crippen MR) is 68.0 cm³/mol. The molecule has 92 valence electrons. The highest BCUT2D eigenvalue weighted by Gasteiger charge is 2.23. The summed E-state index contributed by atoms with van der Waals surface area (Å²) >= 11 is 1.68. The van der Waals surface area contributed by atoms with Gasteiger partial charge in [-0.1, -0.05) is 0 Å². The van der Waals surface area contributed by atoms with Gasteiger partial charge in [-0.25, -0.2) is 0 Å². The predicted octanol–water partition coefficient (Wildman–Crippen LogP) is 1.89. The van der Waals surface area contributed by atoms with Crippen LogP contribution in [0, 0.1) is 6.92 Å². The minimum absolute atomic E-state index is 0.708. The SMILES string of the molecule is COCCNCCC(C)(O)c1csc(C)c1. The lowest BCUT2D eigenvalue weighted by molar-refractivity contribution is 0.0479. The Hall–Kier alpha value is -0.420. The van der Waals surface area contributed by atoms with Crippen LogP contribution in [0.15, 0.2) is 11.4 Å². The van der Waals surface area contributed by atoms with E-state index in [1.165, 1.54) is 4.88 Å². The maximum Gasteiger partial charge on any atom is 0.0888 e. The molecule has 3 nitrogen and oxygen atoms in total. The molecule has 0 amide bonds. The van der Waals surface area contributed by atoms with Crippen molar-refractivity contribution in [2.24, 2.45) is 0 Å². The molecule has 0 bridgehead atoms. The molecule has 0 aliphatic heterocycles. The van der Waals surface area contributed by atoms with Crippen molar-refractivity contribution in [3.8, 4) is 0 Å². The monoisotopic (exact) mass is 243 g/mol. The van der Waals surface area contributed by atoms with Crippen molar-refractivity contribution >= 4 is 11.3 Å². The van der Waals surface area contributed by atoms with Crippen molar-refractivity contribution in [3.05, 3.63) is 21.9 Å². The fourth-order valence-corrected chi connectivity index (χ4v) is 2.33. The zero-order chi connectivity index (χ0) is 12.0. The highest BCUT2D eigenvalue weighted by molar-refractivity contribution is 7.10. The third-order valence-corrected chi connectivity index (χ3v) is 3.49. The van der Waals surface area contributed by atoms with E-state index < -0.39 is 5.60 Å². The van der Waals surface area contributed by atoms with Crippen molar-refractivity contribution in [2.45, 2.75) is 25.9 Å². The number of aliphatic hydroxyl groups is 1. The summed E-state index contributed by atoms with van der Waals surface area (Å²) in [5.41, 5.74) is 0.286. The van der Waals surface area contributed by atoms with Gasteiger partial charge in [0.25, 0.3) is 0 Å². The molecule has 16 heavy (non-hydrogen) atoms. The van der Waals surface area contributed by atoms with Crippen molar-refractivity contribution in [1.82, 2.24) is 5.32 Å². The lowest BCUT2D eigenvalue weighted by Gasteiger charge is -2.22. The second kappa shape index (κ2) is 6.35. The third-order valence-electron chi connectivity index (χ3n) is 2.62. The van der Waals surface area contributed by atoms with Gasteiger partial charge in [-0.15, -0.1) is 11.3 Å². The Labute approximate surface area is 101 Å². The molecule has 1 aromatic rings. The average molecular weight is 243 g/mol. The molecule has 1 heterocycles. The van der Waals surface area contributed by atoms with Crippen molar-refractivity contribution in [1.29, 1.82) is 0 Å². The van der Waals surface area contributed by atoms with Gasteiger partial charge in [0.2, 0.25) is 0 Å². The lowest BCUT2D eigenvalue weighted by Crippen LogP contribution is -2.29. The summed E-state index contributed by atoms with van der Waals surface area (Å²) in [6, 6.07) is 2.06. The Bertz CT molecular complexity index is 310. The number of aryl methyl sites for hydroxylation is 1. The van der Waals surface area contributed by atoms with E-state index in [0.29, 0.717) is 13.0 Å². The van der Waals surface area contributed by atoms with Crippen LogP contribution in [-0.4, -0.2) is 31.9 Å². The van der Waals surface area contributed by atoms with Crippen LogP contribution in [0.1, 0.15) is 23.8 Å². The minimum atomic E-state index is -0.731. The molecule has 0 saturated heterocycles. The minimum Gasteiger partial charge on any atom is -0.385 e. The Morgan fingerprint density at radius 3 is 2.81 bits per heavy atom. The number of rotatable bonds is 7. The third kappa shape index (κ3) is 4.22. The van der Waals surface area contributed by atoms with Crippen LogP contribution in [0.25, 0.3) is 0 Å². The second-order valence-corrected chi connectivity index (χ2v) is 5.33. The van der Waals surface area contributed by atoms with Crippen LogP contribution in [0.2, 0.25) is 0 Å². The summed E-state index contributed by atoms with van der Waals surface area (Å²) in [5, 5.41) is 15.6. The maximum absolute atomic E-state index is 10.3. The van der Waals surface area contributed by atoms with Crippen molar-refractivity contribution in [3.63, 3.8) is 0 Å². The number of nitrogens with one attached hydrogen (secondary N) is 1. The molecule has 0 saturated carbocycles. The first-order valence-electron chi connectivity index (χ1n) is 5.54. The van der Waals surface area contributed by atoms with Crippen molar-refractivity contribution < 1.29 is 9.84 Å². The summed E-state index contributed by atoms with van der Waals surface area (Å²) in [4.78, 5) is 1.24. The summed E-state index contributed by atoms with van der Waals surface area (Å²) < 4.78 is 4.94. The molecule has 0 spiro atoms. The smallest absolute Gasteiger partial charge is 0.0888 e. The number of methoxy groups -OCH3 is 1. The molecule has 0 aromatic carbocycles. The largest absolute Gasteiger partial charge is 0.385 e. The van der Waals surface area contributed by atoms with Gasteiger partial charge in [-0.2, -0.15) is 0 Å². The van der Waals surface area contributed by atoms with Gasteiger partial charge >= 0.3 is 0 Å². The van der Waals surface area contributed by atoms with Crippen LogP contribution in [0.4, 0.5) is 0 Å². The molecule has 4 heteroatoms. The molecule has 1 atom stereocenters. The van der Waals surface area contributed by atoms with Crippen LogP contribution in [0.3, 0.4) is 0 Å². The van der Waals surface area contributed by atoms with E-state index in [1.807, 2.05) is 12.3 Å². The van der Waals surface area contributed by atoms with Crippen LogP contribution in [0.5, 0.6) is 0 Å². The van der Waals surface area contributed by atoms with Gasteiger partial charge in [0, 0.05) is 18.5 Å². The molecular weight excluding hydrogens is 222 g/mol. The molecule has 1 unspecified atom stereocenters. The fraction of sp³-hybridized carbons (Fsp3) is 0.667. The van der Waals surface area contributed by atoms with E-state index in [-0.39, 0.29) is 0 Å². The summed E-state index contributed by atoms with van der Waals surface area (Å²) in [6.07, 6.45) is 0.715. The molecule has 0 fully saturated rings. The maximum atomic E-state index is 10.3. The molecule has 1 aromatic heterocycles. The van der Waals surface area contributed by atoms with Gasteiger partial charge in [-0.3, -0.25) is 0 Å². The van der Waals surface area contributed by atoms with Gasteiger partial charge < -0.3 is 15.2 Å². The molecule has 0 aliphatic rings. The normalized spacial score (nSPS) is 15.0. The standard InChI is InChI=1S/C12H21NO2S/c1-10-8-11(9-16-10)12(2,14)4-5-13-6-7-15-3/h8-9,13-14H,4-7H2,1-3H3. The van der Waals surface area contributed by atoms with E-state index in [2.05, 4.69) is 18.3 Å². The van der Waals surface area contributed by atoms with Gasteiger partial charge in [0.15, 0.2) is 0 Å². The lowest BCUT2D eigenvalue weighted by atomic mass is 9.95. The molecule has 2 N–H and O–H groups in total. The molecular formula is C12H21NO2S. The summed E-state index contributed by atoms with van der Waals surface area (Å²) in [7, 11) is 1.69. The quantitative estimate of drug-likeness (QED) is 0.719. The highest BCUT2D eigenvalue weighted by Crippen LogP contribution is 2.27. The summed E-state index contributed by atoms with van der Waals surface area (Å²) in [5.74, 6) is 0. The number of hydrogen-bond acceptors (Lipinski definition) is 4. The van der Waals surface area contributed by atoms with E-state index in [1.54, 1.807) is 18.4 Å². The highest BCUT2D eigenvalue weighted by atomic mass is 32.1. The average Bonchev–Trinajstić information content (AvgIpc) is 2.65. The Morgan fingerprint density at radius 1 is 1.50 bits per heavy atom. The zero-order valence-electron chi connectivity index (χ0n) is 10.2. The zero-order valence-corrected chi connectivity index (χ0v) is 11.1. The first-order chi connectivity index (χ1) is 7.56. The topological polar surface area (TPSA) is 41.5 Å². The number of thiophene rings is 1. The van der Waals surface area contributed by atoms with Gasteiger partial charge in [0.1, 0.15) is 0 Å². The fourth-order valence-electron chi connectivity index (χ4n) is 1.50. The van der Waals surface area contributed by atoms with Crippen LogP contribution >= 0.6 is 11.3 Å². The second-order valence-electron chi connectivity index (χ2n) is 4.21. The van der Waals surface area contributed by atoms with E-state index in [0.717, 1.165) is 18.7 Å².